The van der Waals surface area contributed by atoms with Crippen LogP contribution in [-0.4, -0.2) is 0 Å². The maximum atomic E-state index is 14.7. The highest BCUT2D eigenvalue weighted by Gasteiger charge is 2.16. The minimum absolute atomic E-state index is 0.174. The third-order valence-electron chi connectivity index (χ3n) is 5.25. The van der Waals surface area contributed by atoms with Gasteiger partial charge in [-0.2, -0.15) is 0 Å². The average molecular weight is 408 g/mol. The molecule has 0 heterocycles. The molecule has 0 aliphatic carbocycles. The highest BCUT2D eigenvalue weighted by atomic mass is 19.1. The summed E-state index contributed by atoms with van der Waals surface area (Å²) in [6.07, 6.45) is 3.28. The lowest BCUT2D eigenvalue weighted by atomic mass is 9.96. The zero-order valence-electron chi connectivity index (χ0n) is 16.5. The lowest BCUT2D eigenvalue weighted by Crippen LogP contribution is -1.94. The predicted molar refractivity (Wildman–Crippen MR) is 113 cm³/mol. The van der Waals surface area contributed by atoms with E-state index >= 15 is 0 Å². The zero-order valence-corrected chi connectivity index (χ0v) is 16.5. The zero-order chi connectivity index (χ0) is 21.3. The summed E-state index contributed by atoms with van der Waals surface area (Å²) in [5, 5.41) is 2.05. The predicted octanol–water partition coefficient (Wildman–Crippen LogP) is 8.07. The summed E-state index contributed by atoms with van der Waals surface area (Å²) in [6, 6.07) is 16.7. The van der Waals surface area contributed by atoms with Gasteiger partial charge in [0, 0.05) is 6.07 Å². The molecule has 0 unspecified atom stereocenters. The Morgan fingerprint density at radius 3 is 1.90 bits per heavy atom. The fourth-order valence-corrected chi connectivity index (χ4v) is 3.72. The summed E-state index contributed by atoms with van der Waals surface area (Å²) in [4.78, 5) is 0. The molecule has 0 bridgehead atoms. The molecule has 4 aromatic carbocycles. The maximum Gasteiger partial charge on any atom is 0.134 e. The van der Waals surface area contributed by atoms with Crippen LogP contribution in [0.1, 0.15) is 25.3 Å². The Kier molecular flexibility index (Phi) is 5.58. The molecule has 4 aromatic rings. The third-order valence-corrected chi connectivity index (χ3v) is 5.25. The van der Waals surface area contributed by atoms with Crippen molar-refractivity contribution in [3.8, 4) is 22.3 Å². The van der Waals surface area contributed by atoms with E-state index in [9.17, 15) is 17.6 Å². The van der Waals surface area contributed by atoms with Gasteiger partial charge in [-0.25, -0.2) is 17.6 Å². The minimum Gasteiger partial charge on any atom is -0.207 e. The number of benzene rings is 4. The molecule has 0 atom stereocenters. The topological polar surface area (TPSA) is 0 Å². The molecule has 0 saturated carbocycles. The Morgan fingerprint density at radius 1 is 0.600 bits per heavy atom. The van der Waals surface area contributed by atoms with E-state index in [2.05, 4.69) is 19.1 Å². The van der Waals surface area contributed by atoms with E-state index < -0.39 is 28.8 Å². The molecule has 30 heavy (non-hydrogen) atoms. The molecule has 0 radical (unpaired) electrons. The number of hydrogen-bond donors (Lipinski definition) is 0. The van der Waals surface area contributed by atoms with Crippen molar-refractivity contribution in [2.75, 3.05) is 0 Å². The Labute approximate surface area is 172 Å². The molecule has 0 aliphatic rings. The van der Waals surface area contributed by atoms with Crippen molar-refractivity contribution in [3.05, 3.63) is 95.6 Å². The van der Waals surface area contributed by atoms with E-state index in [0.717, 1.165) is 42.2 Å². The van der Waals surface area contributed by atoms with Crippen molar-refractivity contribution in [1.29, 1.82) is 0 Å². The molecule has 0 nitrogen and oxygen atoms in total. The monoisotopic (exact) mass is 408 g/mol. The quantitative estimate of drug-likeness (QED) is 0.293. The third kappa shape index (κ3) is 4.09. The van der Waals surface area contributed by atoms with Gasteiger partial charge in [-0.1, -0.05) is 43.7 Å². The normalized spacial score (nSPS) is 11.2. The lowest BCUT2D eigenvalue weighted by Gasteiger charge is -2.11. The summed E-state index contributed by atoms with van der Waals surface area (Å²) < 4.78 is 56.5. The second-order valence-corrected chi connectivity index (χ2v) is 7.47. The largest absolute Gasteiger partial charge is 0.207 e. The van der Waals surface area contributed by atoms with E-state index in [-0.39, 0.29) is 5.56 Å². The van der Waals surface area contributed by atoms with Gasteiger partial charge in [-0.3, -0.25) is 0 Å². The molecular formula is C26H20F4. The van der Waals surface area contributed by atoms with Crippen LogP contribution in [0.25, 0.3) is 33.0 Å². The van der Waals surface area contributed by atoms with Gasteiger partial charge >= 0.3 is 0 Å². The summed E-state index contributed by atoms with van der Waals surface area (Å²) in [6.45, 7) is 2.15. The van der Waals surface area contributed by atoms with Gasteiger partial charge in [-0.05, 0) is 76.2 Å². The first-order valence-electron chi connectivity index (χ1n) is 9.93. The van der Waals surface area contributed by atoms with E-state index in [1.165, 1.54) is 17.7 Å². The van der Waals surface area contributed by atoms with Gasteiger partial charge in [0.05, 0.1) is 5.56 Å². The van der Waals surface area contributed by atoms with Crippen LogP contribution >= 0.6 is 0 Å². The van der Waals surface area contributed by atoms with Gasteiger partial charge in [0.1, 0.15) is 23.3 Å². The SMILES string of the molecule is CCCCc1ccc2cc(-c3cc(F)c(-c4cc(F)cc(F)c4)c(F)c3)ccc2c1. The minimum atomic E-state index is -0.888. The molecule has 0 aliphatic heterocycles. The van der Waals surface area contributed by atoms with Crippen LogP contribution in [0.3, 0.4) is 0 Å². The summed E-state index contributed by atoms with van der Waals surface area (Å²) in [5.74, 6) is -3.52. The molecule has 0 amide bonds. The fourth-order valence-electron chi connectivity index (χ4n) is 3.72. The van der Waals surface area contributed by atoms with Gasteiger partial charge in [0.25, 0.3) is 0 Å². The first-order chi connectivity index (χ1) is 14.4. The van der Waals surface area contributed by atoms with Crippen molar-refractivity contribution in [1.82, 2.24) is 0 Å². The smallest absolute Gasteiger partial charge is 0.134 e. The molecule has 4 heteroatoms. The van der Waals surface area contributed by atoms with Crippen LogP contribution in [-0.2, 0) is 6.42 Å². The number of aryl methyl sites for hydroxylation is 1. The van der Waals surface area contributed by atoms with Crippen molar-refractivity contribution < 1.29 is 17.6 Å². The van der Waals surface area contributed by atoms with Crippen LogP contribution in [0.2, 0.25) is 0 Å². The van der Waals surface area contributed by atoms with Gasteiger partial charge < -0.3 is 0 Å². The summed E-state index contributed by atoms with van der Waals surface area (Å²) in [5.41, 5.74) is 1.67. The summed E-state index contributed by atoms with van der Waals surface area (Å²) in [7, 11) is 0. The van der Waals surface area contributed by atoms with Crippen LogP contribution in [0.15, 0.2) is 66.7 Å². The molecule has 152 valence electrons. The fraction of sp³-hybridized carbons (Fsp3) is 0.154. The van der Waals surface area contributed by atoms with E-state index in [1.54, 1.807) is 0 Å². The van der Waals surface area contributed by atoms with Gasteiger partial charge in [0.2, 0.25) is 0 Å². The van der Waals surface area contributed by atoms with Crippen molar-refractivity contribution in [2.45, 2.75) is 26.2 Å². The van der Waals surface area contributed by atoms with Crippen LogP contribution in [0.4, 0.5) is 17.6 Å². The van der Waals surface area contributed by atoms with Crippen molar-refractivity contribution >= 4 is 10.8 Å². The number of unbranched alkanes of at least 4 members (excludes halogenated alkanes) is 1. The Bertz CT molecular complexity index is 1180. The highest BCUT2D eigenvalue weighted by molar-refractivity contribution is 5.88. The number of hydrogen-bond acceptors (Lipinski definition) is 0. The van der Waals surface area contributed by atoms with Crippen LogP contribution < -0.4 is 0 Å². The summed E-state index contributed by atoms with van der Waals surface area (Å²) >= 11 is 0. The molecule has 0 N–H and O–H groups in total. The second-order valence-electron chi connectivity index (χ2n) is 7.47. The lowest BCUT2D eigenvalue weighted by molar-refractivity contribution is 0.578. The van der Waals surface area contributed by atoms with Gasteiger partial charge in [0.15, 0.2) is 0 Å². The van der Waals surface area contributed by atoms with Gasteiger partial charge in [-0.15, -0.1) is 0 Å². The standard InChI is InChI=1S/C26H20F4/c1-2-3-4-16-5-6-18-10-19(8-7-17(18)9-16)20-13-24(29)26(25(30)14-20)21-11-22(27)15-23(28)12-21/h5-15H,2-4H2,1H3. The number of fused-ring (bicyclic) bond motifs is 1. The second kappa shape index (κ2) is 8.31. The molecule has 0 spiro atoms. The first-order valence-corrected chi connectivity index (χ1v) is 9.93. The highest BCUT2D eigenvalue weighted by Crippen LogP contribution is 2.33. The van der Waals surface area contributed by atoms with E-state index in [1.807, 2.05) is 24.3 Å². The van der Waals surface area contributed by atoms with Crippen molar-refractivity contribution in [2.24, 2.45) is 0 Å². The van der Waals surface area contributed by atoms with Crippen LogP contribution in [0.5, 0.6) is 0 Å². The van der Waals surface area contributed by atoms with Crippen molar-refractivity contribution in [3.63, 3.8) is 0 Å². The number of halogens is 4. The molecule has 0 aromatic heterocycles. The van der Waals surface area contributed by atoms with E-state index in [0.29, 0.717) is 17.2 Å². The molecule has 0 saturated heterocycles. The van der Waals surface area contributed by atoms with E-state index in [4.69, 9.17) is 0 Å². The Morgan fingerprint density at radius 2 is 1.23 bits per heavy atom. The first kappa shape index (κ1) is 20.1. The number of rotatable bonds is 5. The molecule has 4 rings (SSSR count). The Hall–Kier alpha value is -3.14. The van der Waals surface area contributed by atoms with Crippen LogP contribution in [0, 0.1) is 23.3 Å². The molecule has 0 fully saturated rings. The average Bonchev–Trinajstić information content (AvgIpc) is 2.70. The maximum absolute atomic E-state index is 14.7. The molecular weight excluding hydrogens is 388 g/mol. The Balaban J connectivity index is 1.73.